The summed E-state index contributed by atoms with van der Waals surface area (Å²) in [6.07, 6.45) is 3.14. The lowest BCUT2D eigenvalue weighted by Crippen LogP contribution is -2.42. The van der Waals surface area contributed by atoms with Gasteiger partial charge in [-0.25, -0.2) is 0 Å². The lowest BCUT2D eigenvalue weighted by Gasteiger charge is -2.29. The zero-order valence-corrected chi connectivity index (χ0v) is 11.0. The van der Waals surface area contributed by atoms with Crippen LogP contribution in [-0.4, -0.2) is 30.0 Å². The molecule has 0 bridgehead atoms. The fourth-order valence-electron chi connectivity index (χ4n) is 2.24. The Bertz CT molecular complexity index is 371. The molecular formula is C15H21NO2. The minimum absolute atomic E-state index is 0.130. The van der Waals surface area contributed by atoms with E-state index in [4.69, 9.17) is 4.74 Å². The van der Waals surface area contributed by atoms with Gasteiger partial charge in [0, 0.05) is 13.1 Å². The highest BCUT2D eigenvalue weighted by atomic mass is 16.5. The third-order valence-corrected chi connectivity index (χ3v) is 3.36. The number of carbonyl (C=O) groups is 1. The van der Waals surface area contributed by atoms with Crippen molar-refractivity contribution in [2.24, 2.45) is 0 Å². The molecule has 18 heavy (non-hydrogen) atoms. The summed E-state index contributed by atoms with van der Waals surface area (Å²) in [6.45, 7) is 4.12. The average Bonchev–Trinajstić information content (AvgIpc) is 2.46. The molecule has 0 unspecified atom stereocenters. The number of carbonyl (C=O) groups excluding carboxylic acids is 1. The van der Waals surface area contributed by atoms with E-state index in [-0.39, 0.29) is 12.0 Å². The van der Waals surface area contributed by atoms with Crippen molar-refractivity contribution >= 4 is 5.91 Å². The SMILES string of the molecule is C[C@H](OCc1ccccc1)C(=O)N1CCCCC1. The Morgan fingerprint density at radius 2 is 1.89 bits per heavy atom. The van der Waals surface area contributed by atoms with E-state index in [1.165, 1.54) is 6.42 Å². The molecule has 0 N–H and O–H groups in total. The Balaban J connectivity index is 1.80. The van der Waals surface area contributed by atoms with Gasteiger partial charge in [-0.2, -0.15) is 0 Å². The van der Waals surface area contributed by atoms with E-state index in [2.05, 4.69) is 0 Å². The predicted octanol–water partition coefficient (Wildman–Crippen LogP) is 2.60. The standard InChI is InChI=1S/C15H21NO2/c1-13(15(17)16-10-6-3-7-11-16)18-12-14-8-4-2-5-9-14/h2,4-5,8-9,13H,3,6-7,10-12H2,1H3/t13-/m0/s1. The predicted molar refractivity (Wildman–Crippen MR) is 71.1 cm³/mol. The van der Waals surface area contributed by atoms with Gasteiger partial charge in [-0.3, -0.25) is 4.79 Å². The molecule has 1 fully saturated rings. The van der Waals surface area contributed by atoms with Crippen molar-refractivity contribution in [1.82, 2.24) is 4.90 Å². The average molecular weight is 247 g/mol. The smallest absolute Gasteiger partial charge is 0.251 e. The normalized spacial score (nSPS) is 17.5. The molecule has 1 aromatic carbocycles. The van der Waals surface area contributed by atoms with Crippen LogP contribution in [0.5, 0.6) is 0 Å². The van der Waals surface area contributed by atoms with Gasteiger partial charge in [0.15, 0.2) is 0 Å². The first-order chi connectivity index (χ1) is 8.77. The summed E-state index contributed by atoms with van der Waals surface area (Å²) in [7, 11) is 0. The summed E-state index contributed by atoms with van der Waals surface area (Å²) in [5, 5.41) is 0. The summed E-state index contributed by atoms with van der Waals surface area (Å²) >= 11 is 0. The number of piperidine rings is 1. The van der Waals surface area contributed by atoms with Gasteiger partial charge in [-0.15, -0.1) is 0 Å². The van der Waals surface area contributed by atoms with Crippen LogP contribution < -0.4 is 0 Å². The van der Waals surface area contributed by atoms with Crippen LogP contribution in [0.1, 0.15) is 31.7 Å². The zero-order valence-electron chi connectivity index (χ0n) is 11.0. The summed E-state index contributed by atoms with van der Waals surface area (Å²) < 4.78 is 5.65. The summed E-state index contributed by atoms with van der Waals surface area (Å²) in [4.78, 5) is 14.0. The quantitative estimate of drug-likeness (QED) is 0.818. The van der Waals surface area contributed by atoms with Gasteiger partial charge >= 0.3 is 0 Å². The van der Waals surface area contributed by atoms with E-state index in [1.54, 1.807) is 0 Å². The molecule has 1 saturated heterocycles. The van der Waals surface area contributed by atoms with Gasteiger partial charge in [-0.05, 0) is 31.7 Å². The number of hydrogen-bond donors (Lipinski definition) is 0. The lowest BCUT2D eigenvalue weighted by atomic mass is 10.1. The maximum absolute atomic E-state index is 12.1. The van der Waals surface area contributed by atoms with Crippen molar-refractivity contribution in [3.63, 3.8) is 0 Å². The number of likely N-dealkylation sites (tertiary alicyclic amines) is 1. The number of benzene rings is 1. The van der Waals surface area contributed by atoms with Crippen molar-refractivity contribution in [3.8, 4) is 0 Å². The Morgan fingerprint density at radius 1 is 1.22 bits per heavy atom. The second kappa shape index (κ2) is 6.55. The van der Waals surface area contributed by atoms with Gasteiger partial charge in [-0.1, -0.05) is 30.3 Å². The Labute approximate surface area is 109 Å². The molecule has 2 rings (SSSR count). The third-order valence-electron chi connectivity index (χ3n) is 3.36. The van der Waals surface area contributed by atoms with E-state index in [0.29, 0.717) is 6.61 Å². The Hall–Kier alpha value is -1.35. The molecule has 3 nitrogen and oxygen atoms in total. The first-order valence-electron chi connectivity index (χ1n) is 6.71. The lowest BCUT2D eigenvalue weighted by molar-refractivity contribution is -0.144. The van der Waals surface area contributed by atoms with Crippen molar-refractivity contribution in [1.29, 1.82) is 0 Å². The van der Waals surface area contributed by atoms with Crippen molar-refractivity contribution in [2.75, 3.05) is 13.1 Å². The molecule has 0 aliphatic carbocycles. The van der Waals surface area contributed by atoms with E-state index in [0.717, 1.165) is 31.5 Å². The van der Waals surface area contributed by atoms with E-state index in [1.807, 2.05) is 42.2 Å². The molecule has 1 heterocycles. The van der Waals surface area contributed by atoms with Gasteiger partial charge in [0.25, 0.3) is 5.91 Å². The van der Waals surface area contributed by atoms with Crippen molar-refractivity contribution < 1.29 is 9.53 Å². The zero-order chi connectivity index (χ0) is 12.8. The molecule has 1 aromatic rings. The number of amides is 1. The summed E-state index contributed by atoms with van der Waals surface area (Å²) in [6, 6.07) is 9.97. The fourth-order valence-corrected chi connectivity index (χ4v) is 2.24. The topological polar surface area (TPSA) is 29.5 Å². The van der Waals surface area contributed by atoms with Gasteiger partial charge < -0.3 is 9.64 Å². The Kier molecular flexibility index (Phi) is 4.76. The molecule has 1 amide bonds. The highest BCUT2D eigenvalue weighted by molar-refractivity contribution is 5.80. The van der Waals surface area contributed by atoms with Gasteiger partial charge in [0.05, 0.1) is 6.61 Å². The fraction of sp³-hybridized carbons (Fsp3) is 0.533. The first-order valence-corrected chi connectivity index (χ1v) is 6.71. The van der Waals surface area contributed by atoms with Crippen LogP contribution in [-0.2, 0) is 16.1 Å². The van der Waals surface area contributed by atoms with Crippen molar-refractivity contribution in [2.45, 2.75) is 38.9 Å². The van der Waals surface area contributed by atoms with Crippen molar-refractivity contribution in [3.05, 3.63) is 35.9 Å². The highest BCUT2D eigenvalue weighted by Crippen LogP contribution is 2.12. The van der Waals surface area contributed by atoms with Crippen LogP contribution in [0.25, 0.3) is 0 Å². The minimum atomic E-state index is -0.344. The molecule has 1 aliphatic rings. The van der Waals surface area contributed by atoms with Crippen LogP contribution >= 0.6 is 0 Å². The second-order valence-electron chi connectivity index (χ2n) is 4.82. The third kappa shape index (κ3) is 3.57. The molecule has 3 heteroatoms. The maximum Gasteiger partial charge on any atom is 0.251 e. The summed E-state index contributed by atoms with van der Waals surface area (Å²) in [5.41, 5.74) is 1.11. The van der Waals surface area contributed by atoms with E-state index in [9.17, 15) is 4.79 Å². The molecule has 0 saturated carbocycles. The van der Waals surface area contributed by atoms with Crippen LogP contribution in [0.15, 0.2) is 30.3 Å². The Morgan fingerprint density at radius 3 is 2.56 bits per heavy atom. The van der Waals surface area contributed by atoms with E-state index < -0.39 is 0 Å². The van der Waals surface area contributed by atoms with Crippen LogP contribution in [0.2, 0.25) is 0 Å². The highest BCUT2D eigenvalue weighted by Gasteiger charge is 2.22. The van der Waals surface area contributed by atoms with Crippen LogP contribution in [0.3, 0.4) is 0 Å². The molecule has 0 spiro atoms. The van der Waals surface area contributed by atoms with Crippen LogP contribution in [0.4, 0.5) is 0 Å². The summed E-state index contributed by atoms with van der Waals surface area (Å²) in [5.74, 6) is 0.130. The molecular weight excluding hydrogens is 226 g/mol. The van der Waals surface area contributed by atoms with Gasteiger partial charge in [0.1, 0.15) is 6.10 Å². The van der Waals surface area contributed by atoms with Gasteiger partial charge in [0.2, 0.25) is 0 Å². The monoisotopic (exact) mass is 247 g/mol. The van der Waals surface area contributed by atoms with E-state index >= 15 is 0 Å². The molecule has 98 valence electrons. The second-order valence-corrected chi connectivity index (χ2v) is 4.82. The number of nitrogens with zero attached hydrogens (tertiary/aromatic N) is 1. The van der Waals surface area contributed by atoms with Crippen LogP contribution in [0, 0.1) is 0 Å². The largest absolute Gasteiger partial charge is 0.364 e. The number of hydrogen-bond acceptors (Lipinski definition) is 2. The first kappa shape index (κ1) is 13.1. The molecule has 1 aliphatic heterocycles. The number of ether oxygens (including phenoxy) is 1. The molecule has 0 aromatic heterocycles. The molecule has 0 radical (unpaired) electrons. The maximum atomic E-state index is 12.1. The molecule has 1 atom stereocenters. The minimum Gasteiger partial charge on any atom is -0.364 e. The number of rotatable bonds is 4.